The van der Waals surface area contributed by atoms with Crippen molar-refractivity contribution < 1.29 is 27.9 Å². The van der Waals surface area contributed by atoms with E-state index in [-0.39, 0.29) is 38.1 Å². The number of carbonyl (C=O) groups excluding carboxylic acids is 1. The first-order valence-electron chi connectivity index (χ1n) is 10.1. The number of ether oxygens (including phenoxy) is 2. The topological polar surface area (TPSA) is 83.1 Å². The molecule has 0 saturated carbocycles. The standard InChI is InChI=1S/C21H36NO6P/c1-7-26-29(24,27-8-2)19(14-15-20(23)28-21(3,4)5)22-18(16-25-6)17-12-10-9-11-13-17/h9-13,18-19,22H,7-8,14-16H2,1-6H3/t18-,19+/m0/s1. The lowest BCUT2D eigenvalue weighted by Gasteiger charge is -2.31. The fourth-order valence-electron chi connectivity index (χ4n) is 2.88. The number of hydrogen-bond donors (Lipinski definition) is 1. The zero-order valence-electron chi connectivity index (χ0n) is 18.5. The van der Waals surface area contributed by atoms with Crippen LogP contribution < -0.4 is 5.32 Å². The summed E-state index contributed by atoms with van der Waals surface area (Å²) in [5.74, 6) is -1.04. The van der Waals surface area contributed by atoms with Gasteiger partial charge in [0.2, 0.25) is 0 Å². The summed E-state index contributed by atoms with van der Waals surface area (Å²) in [5, 5.41) is 3.35. The van der Waals surface area contributed by atoms with Crippen LogP contribution in [0.5, 0.6) is 0 Å². The van der Waals surface area contributed by atoms with Crippen molar-refractivity contribution in [1.29, 1.82) is 0 Å². The number of rotatable bonds is 13. The summed E-state index contributed by atoms with van der Waals surface area (Å²) in [6, 6.07) is 9.49. The zero-order chi connectivity index (χ0) is 21.9. The van der Waals surface area contributed by atoms with E-state index in [9.17, 15) is 9.36 Å². The van der Waals surface area contributed by atoms with Gasteiger partial charge >= 0.3 is 13.6 Å². The first kappa shape index (κ1) is 25.8. The normalized spacial score (nSPS) is 14.4. The lowest BCUT2D eigenvalue weighted by molar-refractivity contribution is -0.154. The lowest BCUT2D eigenvalue weighted by Crippen LogP contribution is -2.37. The Balaban J connectivity index is 3.07. The van der Waals surface area contributed by atoms with Crippen LogP contribution in [0.4, 0.5) is 0 Å². The Bertz CT molecular complexity index is 636. The molecule has 0 amide bonds. The molecule has 0 aliphatic heterocycles. The molecule has 0 aromatic heterocycles. The van der Waals surface area contributed by atoms with Crippen molar-refractivity contribution in [2.24, 2.45) is 0 Å². The third-order valence-electron chi connectivity index (χ3n) is 3.97. The lowest BCUT2D eigenvalue weighted by atomic mass is 10.1. The largest absolute Gasteiger partial charge is 0.460 e. The van der Waals surface area contributed by atoms with Gasteiger partial charge in [-0.3, -0.25) is 14.7 Å². The van der Waals surface area contributed by atoms with Gasteiger partial charge in [0, 0.05) is 13.5 Å². The number of esters is 1. The van der Waals surface area contributed by atoms with Crippen molar-refractivity contribution in [3.63, 3.8) is 0 Å². The number of nitrogens with one attached hydrogen (secondary N) is 1. The van der Waals surface area contributed by atoms with Gasteiger partial charge in [0.05, 0.1) is 25.9 Å². The molecule has 0 bridgehead atoms. The fraction of sp³-hybridized carbons (Fsp3) is 0.667. The summed E-state index contributed by atoms with van der Waals surface area (Å²) >= 11 is 0. The summed E-state index contributed by atoms with van der Waals surface area (Å²) in [5.41, 5.74) is 0.405. The molecule has 7 nitrogen and oxygen atoms in total. The van der Waals surface area contributed by atoms with E-state index in [1.54, 1.807) is 21.0 Å². The van der Waals surface area contributed by atoms with Gasteiger partial charge in [-0.15, -0.1) is 0 Å². The van der Waals surface area contributed by atoms with Gasteiger partial charge in [-0.05, 0) is 46.6 Å². The second kappa shape index (κ2) is 12.5. The monoisotopic (exact) mass is 429 g/mol. The summed E-state index contributed by atoms with van der Waals surface area (Å²) in [6.07, 6.45) is 0.340. The molecule has 1 rings (SSSR count). The predicted molar refractivity (Wildman–Crippen MR) is 114 cm³/mol. The molecule has 0 heterocycles. The number of hydrogen-bond acceptors (Lipinski definition) is 7. The summed E-state index contributed by atoms with van der Waals surface area (Å²) < 4.78 is 35.4. The summed E-state index contributed by atoms with van der Waals surface area (Å²) in [6.45, 7) is 9.82. The van der Waals surface area contributed by atoms with Crippen LogP contribution in [-0.2, 0) is 27.9 Å². The van der Waals surface area contributed by atoms with E-state index in [1.807, 2.05) is 51.1 Å². The molecular formula is C21H36NO6P. The Morgan fingerprint density at radius 3 is 2.17 bits per heavy atom. The zero-order valence-corrected chi connectivity index (χ0v) is 19.4. The molecule has 0 radical (unpaired) electrons. The summed E-state index contributed by atoms with van der Waals surface area (Å²) in [7, 11) is -1.90. The smallest absolute Gasteiger partial charge is 0.347 e. The maximum absolute atomic E-state index is 13.5. The Morgan fingerprint density at radius 1 is 1.10 bits per heavy atom. The molecule has 0 fully saturated rings. The van der Waals surface area contributed by atoms with Crippen LogP contribution in [0, 0.1) is 0 Å². The molecule has 0 unspecified atom stereocenters. The van der Waals surface area contributed by atoms with Crippen LogP contribution in [0.1, 0.15) is 59.1 Å². The second-order valence-corrected chi connectivity index (χ2v) is 9.82. The van der Waals surface area contributed by atoms with Gasteiger partial charge in [-0.1, -0.05) is 30.3 Å². The van der Waals surface area contributed by atoms with Gasteiger partial charge in [0.1, 0.15) is 11.4 Å². The predicted octanol–water partition coefficient (Wildman–Crippen LogP) is 4.68. The maximum Gasteiger partial charge on any atom is 0.347 e. The van der Waals surface area contributed by atoms with Gasteiger partial charge < -0.3 is 18.5 Å². The van der Waals surface area contributed by atoms with Crippen LogP contribution in [0.15, 0.2) is 30.3 Å². The van der Waals surface area contributed by atoms with Gasteiger partial charge in [-0.25, -0.2) is 0 Å². The van der Waals surface area contributed by atoms with E-state index in [4.69, 9.17) is 18.5 Å². The van der Waals surface area contributed by atoms with Crippen LogP contribution in [0.2, 0.25) is 0 Å². The van der Waals surface area contributed by atoms with Crippen molar-refractivity contribution in [3.8, 4) is 0 Å². The van der Waals surface area contributed by atoms with Crippen molar-refractivity contribution >= 4 is 13.6 Å². The van der Waals surface area contributed by atoms with Crippen LogP contribution in [0.3, 0.4) is 0 Å². The molecule has 29 heavy (non-hydrogen) atoms. The highest BCUT2D eigenvalue weighted by atomic mass is 31.2. The van der Waals surface area contributed by atoms with Crippen molar-refractivity contribution in [3.05, 3.63) is 35.9 Å². The van der Waals surface area contributed by atoms with E-state index < -0.39 is 19.0 Å². The average Bonchev–Trinajstić information content (AvgIpc) is 2.63. The maximum atomic E-state index is 13.5. The van der Waals surface area contributed by atoms with Gasteiger partial charge in [0.15, 0.2) is 0 Å². The Labute approximate surface area is 175 Å². The van der Waals surface area contributed by atoms with Gasteiger partial charge in [0.25, 0.3) is 0 Å². The molecule has 1 aromatic carbocycles. The van der Waals surface area contributed by atoms with Crippen LogP contribution in [-0.4, -0.2) is 44.3 Å². The first-order chi connectivity index (χ1) is 13.6. The molecule has 1 aromatic rings. The number of methoxy groups -OCH3 is 1. The number of benzene rings is 1. The van der Waals surface area contributed by atoms with E-state index >= 15 is 0 Å². The molecule has 1 N–H and O–H groups in total. The van der Waals surface area contributed by atoms with E-state index in [1.165, 1.54) is 0 Å². The molecule has 0 saturated heterocycles. The highest BCUT2D eigenvalue weighted by Crippen LogP contribution is 2.54. The second-order valence-electron chi connectivity index (χ2n) is 7.60. The molecule has 166 valence electrons. The molecule has 0 spiro atoms. The van der Waals surface area contributed by atoms with E-state index in [0.717, 1.165) is 5.56 Å². The Morgan fingerprint density at radius 2 is 1.69 bits per heavy atom. The molecule has 0 aliphatic rings. The molecule has 0 aliphatic carbocycles. The average molecular weight is 429 g/mol. The Hall–Kier alpha value is -1.24. The minimum atomic E-state index is -3.51. The SMILES string of the molecule is CCOP(=O)(OCC)[C@H](CCC(=O)OC(C)(C)C)N[C@@H](COC)c1ccccc1. The fourth-order valence-corrected chi connectivity index (χ4v) is 4.84. The quantitative estimate of drug-likeness (QED) is 0.360. The molecular weight excluding hydrogens is 393 g/mol. The van der Waals surface area contributed by atoms with E-state index in [0.29, 0.717) is 6.61 Å². The van der Waals surface area contributed by atoms with Crippen molar-refractivity contribution in [1.82, 2.24) is 5.32 Å². The van der Waals surface area contributed by atoms with Crippen molar-refractivity contribution in [2.45, 2.75) is 64.9 Å². The molecule has 8 heteroatoms. The Kier molecular flexibility index (Phi) is 11.1. The minimum absolute atomic E-state index is 0.0908. The third-order valence-corrected chi connectivity index (χ3v) is 6.38. The highest BCUT2D eigenvalue weighted by Gasteiger charge is 2.37. The third kappa shape index (κ3) is 9.41. The minimum Gasteiger partial charge on any atom is -0.460 e. The van der Waals surface area contributed by atoms with E-state index in [2.05, 4.69) is 5.32 Å². The summed E-state index contributed by atoms with van der Waals surface area (Å²) in [4.78, 5) is 12.2. The van der Waals surface area contributed by atoms with Crippen molar-refractivity contribution in [2.75, 3.05) is 26.9 Å². The molecule has 2 atom stereocenters. The van der Waals surface area contributed by atoms with Crippen LogP contribution in [0.25, 0.3) is 0 Å². The van der Waals surface area contributed by atoms with Crippen LogP contribution >= 0.6 is 7.60 Å². The first-order valence-corrected chi connectivity index (χ1v) is 11.7. The van der Waals surface area contributed by atoms with Gasteiger partial charge in [-0.2, -0.15) is 0 Å². The number of carbonyl (C=O) groups is 1. The highest BCUT2D eigenvalue weighted by molar-refractivity contribution is 7.54.